The monoisotopic (exact) mass is 441 g/mol. The maximum Gasteiger partial charge on any atom is 0.258 e. The number of carbonyl (C=O) groups excluding carboxylic acids is 1. The van der Waals surface area contributed by atoms with E-state index in [1.165, 1.54) is 6.20 Å². The summed E-state index contributed by atoms with van der Waals surface area (Å²) in [7, 11) is -3.27. The molecule has 1 aromatic heterocycles. The van der Waals surface area contributed by atoms with Crippen LogP contribution in [0.15, 0.2) is 48.0 Å². The molecule has 0 radical (unpaired) electrons. The number of sulfone groups is 1. The van der Waals surface area contributed by atoms with Crippen molar-refractivity contribution in [1.29, 1.82) is 0 Å². The third-order valence-corrected chi connectivity index (χ3v) is 6.33. The predicted octanol–water partition coefficient (Wildman–Crippen LogP) is 3.85. The number of benzene rings is 1. The lowest BCUT2D eigenvalue weighted by Gasteiger charge is -2.31. The molecule has 2 aromatic rings. The Hall–Kier alpha value is -2.74. The van der Waals surface area contributed by atoms with E-state index in [9.17, 15) is 13.2 Å². The van der Waals surface area contributed by atoms with Crippen LogP contribution in [-0.2, 0) is 9.84 Å². The smallest absolute Gasteiger partial charge is 0.258 e. The highest BCUT2D eigenvalue weighted by Crippen LogP contribution is 2.40. The van der Waals surface area contributed by atoms with Crippen molar-refractivity contribution < 1.29 is 17.9 Å². The molecule has 0 saturated heterocycles. The molecule has 0 aliphatic heterocycles. The lowest BCUT2D eigenvalue weighted by Crippen LogP contribution is -2.35. The molecule has 164 valence electrons. The van der Waals surface area contributed by atoms with E-state index in [0.717, 1.165) is 37.3 Å². The zero-order valence-electron chi connectivity index (χ0n) is 17.7. The average molecular weight is 442 g/mol. The van der Waals surface area contributed by atoms with Crippen LogP contribution >= 0.6 is 0 Å². The Bertz CT molecular complexity index is 1080. The van der Waals surface area contributed by atoms with Gasteiger partial charge in [-0.1, -0.05) is 31.2 Å². The summed E-state index contributed by atoms with van der Waals surface area (Å²) in [5.74, 6) is 2.27. The van der Waals surface area contributed by atoms with Gasteiger partial charge >= 0.3 is 0 Å². The first-order valence-electron chi connectivity index (χ1n) is 10.6. The van der Waals surface area contributed by atoms with E-state index in [4.69, 9.17) is 4.74 Å². The highest BCUT2D eigenvalue weighted by atomic mass is 32.2. The Labute approximate surface area is 182 Å². The van der Waals surface area contributed by atoms with Crippen LogP contribution in [0.3, 0.4) is 0 Å². The Morgan fingerprint density at radius 3 is 2.55 bits per heavy atom. The topological polar surface area (TPSA) is 98.2 Å². The first kappa shape index (κ1) is 21.5. The molecule has 2 aliphatic rings. The Morgan fingerprint density at radius 1 is 1.23 bits per heavy atom. The van der Waals surface area contributed by atoms with Crippen molar-refractivity contribution in [2.45, 2.75) is 44.6 Å². The minimum atomic E-state index is -3.27. The molecule has 2 aliphatic carbocycles. The van der Waals surface area contributed by atoms with Gasteiger partial charge in [-0.3, -0.25) is 4.79 Å². The van der Waals surface area contributed by atoms with Gasteiger partial charge < -0.3 is 10.1 Å². The molecule has 2 saturated carbocycles. The number of carbonyl (C=O) groups is 1. The molecule has 1 atom stereocenters. The average Bonchev–Trinajstić information content (AvgIpc) is 3.54. The summed E-state index contributed by atoms with van der Waals surface area (Å²) in [5, 5.41) is 4.08. The van der Waals surface area contributed by atoms with Crippen LogP contribution in [0.5, 0.6) is 11.6 Å². The predicted molar refractivity (Wildman–Crippen MR) is 118 cm³/mol. The second kappa shape index (κ2) is 8.78. The molecular formula is C23H27N3O4S. The van der Waals surface area contributed by atoms with E-state index in [-0.39, 0.29) is 35.2 Å². The molecule has 1 heterocycles. The zero-order valence-corrected chi connectivity index (χ0v) is 18.5. The number of para-hydroxylation sites is 1. The van der Waals surface area contributed by atoms with E-state index in [2.05, 4.69) is 22.2 Å². The lowest BCUT2D eigenvalue weighted by molar-refractivity contribution is 0.0937. The quantitative estimate of drug-likeness (QED) is 0.668. The van der Waals surface area contributed by atoms with Gasteiger partial charge in [-0.15, -0.1) is 0 Å². The minimum Gasteiger partial charge on any atom is -0.438 e. The summed E-state index contributed by atoms with van der Waals surface area (Å²) < 4.78 is 29.0. The van der Waals surface area contributed by atoms with Crippen molar-refractivity contribution in [2.75, 3.05) is 6.26 Å². The number of nitrogens with zero attached hydrogens (tertiary/aromatic N) is 2. The molecule has 1 N–H and O–H groups in total. The van der Waals surface area contributed by atoms with Crippen molar-refractivity contribution in [3.8, 4) is 11.6 Å². The number of hydrogen-bond donors (Lipinski definition) is 1. The van der Waals surface area contributed by atoms with Gasteiger partial charge in [0.2, 0.25) is 5.88 Å². The largest absolute Gasteiger partial charge is 0.438 e. The van der Waals surface area contributed by atoms with E-state index < -0.39 is 9.84 Å². The second-order valence-corrected chi connectivity index (χ2v) is 10.6. The van der Waals surface area contributed by atoms with Gasteiger partial charge in [-0.05, 0) is 49.7 Å². The highest BCUT2D eigenvalue weighted by Gasteiger charge is 2.33. The molecule has 1 amide bonds. The first-order valence-corrected chi connectivity index (χ1v) is 12.5. The van der Waals surface area contributed by atoms with Crippen molar-refractivity contribution >= 4 is 15.7 Å². The van der Waals surface area contributed by atoms with Crippen molar-refractivity contribution in [2.24, 2.45) is 11.8 Å². The molecule has 31 heavy (non-hydrogen) atoms. The molecule has 7 nitrogen and oxygen atoms in total. The normalized spacial score (nSPS) is 22.0. The zero-order chi connectivity index (χ0) is 22.0. The third kappa shape index (κ3) is 5.70. The number of ether oxygens (including phenoxy) is 1. The summed E-state index contributed by atoms with van der Waals surface area (Å²) >= 11 is 0. The van der Waals surface area contributed by atoms with Gasteiger partial charge in [0, 0.05) is 23.8 Å². The standard InChI is InChI=1S/C23H27N3O4S/c1-15-12-17(13-15)21-24-14-19(23(26-21)30-18-6-4-3-5-7-18)22(27)25-20(16-8-9-16)10-11-31(2,28)29/h3-7,10-11,14-17,20H,8-9,12-13H2,1-2H3,(H,25,27)/b11-10+. The molecule has 2 fully saturated rings. The third-order valence-electron chi connectivity index (χ3n) is 5.67. The fraction of sp³-hybridized carbons (Fsp3) is 0.435. The van der Waals surface area contributed by atoms with Crippen LogP contribution in [0.25, 0.3) is 0 Å². The summed E-state index contributed by atoms with van der Waals surface area (Å²) in [5.41, 5.74) is 0.235. The van der Waals surface area contributed by atoms with Gasteiger partial charge in [-0.2, -0.15) is 4.98 Å². The fourth-order valence-electron chi connectivity index (χ4n) is 3.76. The molecule has 0 spiro atoms. The van der Waals surface area contributed by atoms with Gasteiger partial charge in [0.1, 0.15) is 17.1 Å². The molecule has 4 rings (SSSR count). The first-order chi connectivity index (χ1) is 14.8. The molecule has 8 heteroatoms. The Balaban J connectivity index is 1.59. The van der Waals surface area contributed by atoms with Crippen molar-refractivity contribution in [3.05, 3.63) is 59.4 Å². The van der Waals surface area contributed by atoms with Crippen LogP contribution in [-0.4, -0.2) is 36.6 Å². The summed E-state index contributed by atoms with van der Waals surface area (Å²) in [4.78, 5) is 22.1. The summed E-state index contributed by atoms with van der Waals surface area (Å²) in [6.45, 7) is 2.20. The number of amides is 1. The number of hydrogen-bond acceptors (Lipinski definition) is 6. The Morgan fingerprint density at radius 2 is 1.94 bits per heavy atom. The van der Waals surface area contributed by atoms with E-state index in [1.54, 1.807) is 18.2 Å². The number of aromatic nitrogens is 2. The van der Waals surface area contributed by atoms with E-state index in [1.807, 2.05) is 18.2 Å². The molecule has 1 aromatic carbocycles. The van der Waals surface area contributed by atoms with Gasteiger partial charge in [0.05, 0.1) is 6.04 Å². The van der Waals surface area contributed by atoms with Crippen molar-refractivity contribution in [3.63, 3.8) is 0 Å². The van der Waals surface area contributed by atoms with Crippen LogP contribution < -0.4 is 10.1 Å². The van der Waals surface area contributed by atoms with Crippen LogP contribution in [0.2, 0.25) is 0 Å². The molecular weight excluding hydrogens is 414 g/mol. The summed E-state index contributed by atoms with van der Waals surface area (Å²) in [6, 6.07) is 8.83. The number of nitrogens with one attached hydrogen (secondary N) is 1. The molecule has 0 bridgehead atoms. The minimum absolute atomic E-state index is 0.217. The fourth-order valence-corrected chi connectivity index (χ4v) is 4.21. The van der Waals surface area contributed by atoms with Crippen LogP contribution in [0.4, 0.5) is 0 Å². The number of rotatable bonds is 8. The molecule has 1 unspecified atom stereocenters. The SMILES string of the molecule is CC1CC(c2ncc(C(=O)NC(/C=C/S(C)(=O)=O)C3CC3)c(Oc3ccccc3)n2)C1. The van der Waals surface area contributed by atoms with E-state index >= 15 is 0 Å². The maximum absolute atomic E-state index is 13.1. The lowest BCUT2D eigenvalue weighted by atomic mass is 9.76. The second-order valence-electron chi connectivity index (χ2n) is 8.63. The Kier molecular flexibility index (Phi) is 6.09. The van der Waals surface area contributed by atoms with Crippen LogP contribution in [0.1, 0.15) is 54.7 Å². The van der Waals surface area contributed by atoms with Gasteiger partial charge in [0.25, 0.3) is 5.91 Å². The van der Waals surface area contributed by atoms with Crippen molar-refractivity contribution in [1.82, 2.24) is 15.3 Å². The van der Waals surface area contributed by atoms with Crippen LogP contribution in [0, 0.1) is 11.8 Å². The van der Waals surface area contributed by atoms with Gasteiger partial charge in [0.15, 0.2) is 9.84 Å². The van der Waals surface area contributed by atoms with E-state index in [0.29, 0.717) is 17.5 Å². The summed E-state index contributed by atoms with van der Waals surface area (Å²) in [6.07, 6.45) is 8.14. The maximum atomic E-state index is 13.1. The highest BCUT2D eigenvalue weighted by molar-refractivity contribution is 7.93. The van der Waals surface area contributed by atoms with Gasteiger partial charge in [-0.25, -0.2) is 13.4 Å².